The number of aryl methyl sites for hydroxylation is 1. The summed E-state index contributed by atoms with van der Waals surface area (Å²) in [6.45, 7) is 8.63. The van der Waals surface area contributed by atoms with E-state index in [0.717, 1.165) is 35.6 Å². The van der Waals surface area contributed by atoms with E-state index in [1.807, 2.05) is 37.4 Å². The van der Waals surface area contributed by atoms with E-state index < -0.39 is 0 Å². The Morgan fingerprint density at radius 2 is 2.04 bits per heavy atom. The van der Waals surface area contributed by atoms with Gasteiger partial charge in [0.25, 0.3) is 5.91 Å². The van der Waals surface area contributed by atoms with Gasteiger partial charge in [0.1, 0.15) is 11.6 Å². The lowest BCUT2D eigenvalue weighted by molar-refractivity contribution is -0.123. The molecule has 0 aliphatic carbocycles. The molecular formula is C22H28ClN3O2. The van der Waals surface area contributed by atoms with E-state index in [9.17, 15) is 4.79 Å². The number of aromatic nitrogens is 1. The molecule has 0 unspecified atom stereocenters. The molecule has 6 heteroatoms. The van der Waals surface area contributed by atoms with Crippen LogP contribution in [-0.2, 0) is 11.3 Å². The fraction of sp³-hybridized carbons (Fsp3) is 0.455. The van der Waals surface area contributed by atoms with Crippen LogP contribution in [0.5, 0.6) is 5.75 Å². The molecule has 0 bridgehead atoms. The van der Waals surface area contributed by atoms with Crippen LogP contribution in [0.4, 0.5) is 5.82 Å². The molecule has 1 saturated heterocycles. The van der Waals surface area contributed by atoms with Crippen molar-refractivity contribution >= 4 is 23.3 Å². The summed E-state index contributed by atoms with van der Waals surface area (Å²) in [5, 5.41) is 3.60. The number of hydrogen-bond donors (Lipinski definition) is 1. The average molecular weight is 402 g/mol. The van der Waals surface area contributed by atoms with Gasteiger partial charge in [-0.2, -0.15) is 0 Å². The van der Waals surface area contributed by atoms with Gasteiger partial charge in [-0.15, -0.1) is 0 Å². The minimum absolute atomic E-state index is 0.0277. The molecular weight excluding hydrogens is 374 g/mol. The number of hydrogen-bond acceptors (Lipinski definition) is 4. The van der Waals surface area contributed by atoms with Crippen LogP contribution in [0.2, 0.25) is 5.02 Å². The number of anilines is 1. The predicted octanol–water partition coefficient (Wildman–Crippen LogP) is 4.46. The number of rotatable bonds is 7. The topological polar surface area (TPSA) is 54.5 Å². The third-order valence-corrected chi connectivity index (χ3v) is 5.41. The minimum atomic E-state index is -0.161. The first-order chi connectivity index (χ1) is 13.4. The number of ether oxygens (including phenoxy) is 1. The molecule has 0 atom stereocenters. The van der Waals surface area contributed by atoms with Gasteiger partial charge in [0, 0.05) is 30.9 Å². The summed E-state index contributed by atoms with van der Waals surface area (Å²) in [6, 6.07) is 7.85. The van der Waals surface area contributed by atoms with Crippen molar-refractivity contribution in [1.29, 1.82) is 0 Å². The minimum Gasteiger partial charge on any atom is -0.483 e. The van der Waals surface area contributed by atoms with Crippen molar-refractivity contribution in [2.75, 3.05) is 24.6 Å². The summed E-state index contributed by atoms with van der Waals surface area (Å²) in [5.74, 6) is 1.82. The quantitative estimate of drug-likeness (QED) is 0.744. The lowest BCUT2D eigenvalue weighted by Gasteiger charge is -2.17. The number of amides is 1. The normalized spacial score (nSPS) is 13.8. The standard InChI is InChI=1S/C22H28ClN3O2/c1-15(2)18-11-19(23)16(3)10-20(18)28-14-22(27)25-13-17-6-7-21(24-12-17)26-8-4-5-9-26/h6-7,10-12,15H,4-5,8-9,13-14H2,1-3H3,(H,25,27). The molecule has 2 aromatic rings. The van der Waals surface area contributed by atoms with E-state index in [1.165, 1.54) is 12.8 Å². The van der Waals surface area contributed by atoms with Gasteiger partial charge in [-0.3, -0.25) is 4.79 Å². The maximum absolute atomic E-state index is 12.2. The lowest BCUT2D eigenvalue weighted by atomic mass is 10.0. The second kappa shape index (κ2) is 9.28. The number of benzene rings is 1. The third-order valence-electron chi connectivity index (χ3n) is 5.00. The maximum Gasteiger partial charge on any atom is 0.258 e. The highest BCUT2D eigenvalue weighted by Crippen LogP contribution is 2.32. The number of nitrogens with zero attached hydrogens (tertiary/aromatic N) is 2. The molecule has 1 aromatic carbocycles. The number of carbonyl (C=O) groups is 1. The molecule has 0 saturated carbocycles. The zero-order chi connectivity index (χ0) is 20.1. The van der Waals surface area contributed by atoms with Gasteiger partial charge in [-0.05, 0) is 60.6 Å². The first-order valence-electron chi connectivity index (χ1n) is 9.83. The van der Waals surface area contributed by atoms with Crippen LogP contribution in [0, 0.1) is 6.92 Å². The Labute approximate surface area is 172 Å². The first kappa shape index (κ1) is 20.5. The summed E-state index contributed by atoms with van der Waals surface area (Å²) >= 11 is 6.22. The number of carbonyl (C=O) groups excluding carboxylic acids is 1. The molecule has 1 aliphatic heterocycles. The molecule has 0 radical (unpaired) electrons. The van der Waals surface area contributed by atoms with Gasteiger partial charge in [0.2, 0.25) is 0 Å². The lowest BCUT2D eigenvalue weighted by Crippen LogP contribution is -2.28. The van der Waals surface area contributed by atoms with Gasteiger partial charge in [-0.1, -0.05) is 31.5 Å². The SMILES string of the molecule is Cc1cc(OCC(=O)NCc2ccc(N3CCCC3)nc2)c(C(C)C)cc1Cl. The molecule has 1 N–H and O–H groups in total. The van der Waals surface area contributed by atoms with Crippen LogP contribution in [0.1, 0.15) is 49.3 Å². The summed E-state index contributed by atoms with van der Waals surface area (Å²) in [4.78, 5) is 19.0. The van der Waals surface area contributed by atoms with Crippen molar-refractivity contribution in [3.63, 3.8) is 0 Å². The Bertz CT molecular complexity index is 815. The molecule has 150 valence electrons. The number of nitrogens with one attached hydrogen (secondary N) is 1. The van der Waals surface area contributed by atoms with E-state index in [4.69, 9.17) is 16.3 Å². The van der Waals surface area contributed by atoms with E-state index in [1.54, 1.807) is 0 Å². The molecule has 1 amide bonds. The van der Waals surface area contributed by atoms with Crippen molar-refractivity contribution in [3.8, 4) is 5.75 Å². The number of pyridine rings is 1. The molecule has 1 aliphatic rings. The Hall–Kier alpha value is -2.27. The van der Waals surface area contributed by atoms with Crippen molar-refractivity contribution < 1.29 is 9.53 Å². The van der Waals surface area contributed by atoms with Crippen molar-refractivity contribution in [1.82, 2.24) is 10.3 Å². The fourth-order valence-electron chi connectivity index (χ4n) is 3.30. The first-order valence-corrected chi connectivity index (χ1v) is 10.2. The molecule has 5 nitrogen and oxygen atoms in total. The Morgan fingerprint density at radius 1 is 1.29 bits per heavy atom. The highest BCUT2D eigenvalue weighted by atomic mass is 35.5. The molecule has 28 heavy (non-hydrogen) atoms. The summed E-state index contributed by atoms with van der Waals surface area (Å²) in [7, 11) is 0. The smallest absolute Gasteiger partial charge is 0.258 e. The number of halogens is 1. The largest absolute Gasteiger partial charge is 0.483 e. The Kier molecular flexibility index (Phi) is 6.79. The van der Waals surface area contributed by atoms with Crippen LogP contribution >= 0.6 is 11.6 Å². The average Bonchev–Trinajstić information content (AvgIpc) is 3.22. The van der Waals surface area contributed by atoms with Crippen molar-refractivity contribution in [2.45, 2.75) is 46.1 Å². The molecule has 3 rings (SSSR count). The van der Waals surface area contributed by atoms with Crippen molar-refractivity contribution in [3.05, 3.63) is 52.2 Å². The molecule has 1 fully saturated rings. The predicted molar refractivity (Wildman–Crippen MR) is 113 cm³/mol. The zero-order valence-electron chi connectivity index (χ0n) is 16.8. The van der Waals surface area contributed by atoms with Crippen LogP contribution in [0.3, 0.4) is 0 Å². The summed E-state index contributed by atoms with van der Waals surface area (Å²) in [6.07, 6.45) is 4.28. The molecule has 2 heterocycles. The van der Waals surface area contributed by atoms with E-state index in [-0.39, 0.29) is 18.4 Å². The van der Waals surface area contributed by atoms with Crippen LogP contribution in [0.25, 0.3) is 0 Å². The summed E-state index contributed by atoms with van der Waals surface area (Å²) < 4.78 is 5.78. The van der Waals surface area contributed by atoms with Gasteiger partial charge < -0.3 is 15.0 Å². The van der Waals surface area contributed by atoms with Gasteiger partial charge in [0.05, 0.1) is 0 Å². The monoisotopic (exact) mass is 401 g/mol. The second-order valence-electron chi connectivity index (χ2n) is 7.58. The second-order valence-corrected chi connectivity index (χ2v) is 7.99. The van der Waals surface area contributed by atoms with Gasteiger partial charge in [-0.25, -0.2) is 4.98 Å². The van der Waals surface area contributed by atoms with Crippen molar-refractivity contribution in [2.24, 2.45) is 0 Å². The maximum atomic E-state index is 12.2. The van der Waals surface area contributed by atoms with Crippen LogP contribution < -0.4 is 15.0 Å². The van der Waals surface area contributed by atoms with Crippen LogP contribution in [0.15, 0.2) is 30.5 Å². The fourth-order valence-corrected chi connectivity index (χ4v) is 3.47. The third kappa shape index (κ3) is 5.16. The zero-order valence-corrected chi connectivity index (χ0v) is 17.6. The molecule has 1 aromatic heterocycles. The van der Waals surface area contributed by atoms with Gasteiger partial charge >= 0.3 is 0 Å². The Morgan fingerprint density at radius 3 is 2.68 bits per heavy atom. The Balaban J connectivity index is 1.51. The van der Waals surface area contributed by atoms with E-state index in [2.05, 4.69) is 29.0 Å². The van der Waals surface area contributed by atoms with E-state index in [0.29, 0.717) is 17.3 Å². The van der Waals surface area contributed by atoms with Gasteiger partial charge in [0.15, 0.2) is 6.61 Å². The highest BCUT2D eigenvalue weighted by Gasteiger charge is 2.14. The highest BCUT2D eigenvalue weighted by molar-refractivity contribution is 6.31. The molecule has 0 spiro atoms. The van der Waals surface area contributed by atoms with E-state index >= 15 is 0 Å². The van der Waals surface area contributed by atoms with Crippen LogP contribution in [-0.4, -0.2) is 30.6 Å². The summed E-state index contributed by atoms with van der Waals surface area (Å²) in [5.41, 5.74) is 2.91.